The Morgan fingerprint density at radius 2 is 2.06 bits per heavy atom. The van der Waals surface area contributed by atoms with Gasteiger partial charge in [0.1, 0.15) is 0 Å². The fourth-order valence-corrected chi connectivity index (χ4v) is 3.34. The summed E-state index contributed by atoms with van der Waals surface area (Å²) in [6.45, 7) is 3.44. The third kappa shape index (κ3) is 5.81. The maximum atomic E-state index is 11.8. The Morgan fingerprint density at radius 1 is 1.29 bits per heavy atom. The number of methoxy groups -OCH3 is 1. The summed E-state index contributed by atoms with van der Waals surface area (Å²) in [5.74, 6) is 0.154. The first-order chi connectivity index (χ1) is 8.07. The molecule has 5 nitrogen and oxygen atoms in total. The minimum atomic E-state index is -3.15. The summed E-state index contributed by atoms with van der Waals surface area (Å²) in [5, 5.41) is 3.09. The van der Waals surface area contributed by atoms with Crippen LogP contribution < -0.4 is 10.0 Å². The fourth-order valence-electron chi connectivity index (χ4n) is 2.08. The lowest BCUT2D eigenvalue weighted by Crippen LogP contribution is -2.38. The second-order valence-corrected chi connectivity index (χ2v) is 6.43. The zero-order chi connectivity index (χ0) is 12.7. The average molecular weight is 264 g/mol. The Morgan fingerprint density at radius 3 is 2.65 bits per heavy atom. The molecule has 0 heterocycles. The van der Waals surface area contributed by atoms with Gasteiger partial charge in [0.2, 0.25) is 10.0 Å². The predicted octanol–water partition coefficient (Wildman–Crippen LogP) is 0.473. The molecule has 2 atom stereocenters. The van der Waals surface area contributed by atoms with Gasteiger partial charge in [0.25, 0.3) is 0 Å². The first kappa shape index (κ1) is 14.9. The average Bonchev–Trinajstić information content (AvgIpc) is 2.71. The summed E-state index contributed by atoms with van der Waals surface area (Å²) >= 11 is 0. The first-order valence-corrected chi connectivity index (χ1v) is 7.96. The molecule has 1 aliphatic rings. The van der Waals surface area contributed by atoms with E-state index in [0.29, 0.717) is 6.54 Å². The van der Waals surface area contributed by atoms with Crippen LogP contribution in [0.4, 0.5) is 0 Å². The van der Waals surface area contributed by atoms with Crippen LogP contribution in [0.15, 0.2) is 0 Å². The van der Waals surface area contributed by atoms with Crippen molar-refractivity contribution in [2.24, 2.45) is 0 Å². The Hall–Kier alpha value is -0.170. The zero-order valence-electron chi connectivity index (χ0n) is 10.7. The van der Waals surface area contributed by atoms with Gasteiger partial charge in [0.15, 0.2) is 0 Å². The molecule has 0 bridgehead atoms. The lowest BCUT2D eigenvalue weighted by Gasteiger charge is -2.13. The quantitative estimate of drug-likeness (QED) is 0.626. The summed E-state index contributed by atoms with van der Waals surface area (Å²) in [6.07, 6.45) is 3.84. The van der Waals surface area contributed by atoms with E-state index < -0.39 is 10.0 Å². The van der Waals surface area contributed by atoms with Gasteiger partial charge in [-0.25, -0.2) is 13.1 Å². The summed E-state index contributed by atoms with van der Waals surface area (Å²) in [7, 11) is -1.47. The summed E-state index contributed by atoms with van der Waals surface area (Å²) in [6, 6.07) is 0.0520. The standard InChI is InChI=1S/C11H24N2O3S/c1-3-6-12-7-8-17(14,15)13-10-4-5-11(9-10)16-2/h10-13H,3-9H2,1-2H3. The number of nitrogens with one attached hydrogen (secondary N) is 2. The second-order valence-electron chi connectivity index (χ2n) is 4.55. The van der Waals surface area contributed by atoms with Crippen molar-refractivity contribution in [1.82, 2.24) is 10.0 Å². The van der Waals surface area contributed by atoms with E-state index in [1.165, 1.54) is 0 Å². The monoisotopic (exact) mass is 264 g/mol. The molecule has 1 rings (SSSR count). The molecule has 0 amide bonds. The number of sulfonamides is 1. The zero-order valence-corrected chi connectivity index (χ0v) is 11.6. The van der Waals surface area contributed by atoms with Gasteiger partial charge < -0.3 is 10.1 Å². The molecule has 0 aromatic heterocycles. The van der Waals surface area contributed by atoms with Gasteiger partial charge in [-0.15, -0.1) is 0 Å². The highest BCUT2D eigenvalue weighted by atomic mass is 32.2. The summed E-state index contributed by atoms with van der Waals surface area (Å²) < 4.78 is 31.5. The molecule has 1 fully saturated rings. The van der Waals surface area contributed by atoms with Crippen LogP contribution >= 0.6 is 0 Å². The molecule has 17 heavy (non-hydrogen) atoms. The minimum Gasteiger partial charge on any atom is -0.381 e. The SMILES string of the molecule is CCCNCCS(=O)(=O)NC1CCC(OC)C1. The van der Waals surface area contributed by atoms with Crippen LogP contribution in [0.3, 0.4) is 0 Å². The van der Waals surface area contributed by atoms with Gasteiger partial charge in [-0.05, 0) is 32.2 Å². The molecular weight excluding hydrogens is 240 g/mol. The van der Waals surface area contributed by atoms with Crippen LogP contribution in [0.2, 0.25) is 0 Å². The Bertz CT molecular complexity index is 306. The van der Waals surface area contributed by atoms with Crippen LogP contribution in [0.5, 0.6) is 0 Å². The number of hydrogen-bond donors (Lipinski definition) is 2. The molecule has 1 saturated carbocycles. The van der Waals surface area contributed by atoms with Crippen molar-refractivity contribution in [1.29, 1.82) is 0 Å². The van der Waals surface area contributed by atoms with E-state index >= 15 is 0 Å². The van der Waals surface area contributed by atoms with Crippen molar-refractivity contribution < 1.29 is 13.2 Å². The van der Waals surface area contributed by atoms with Crippen molar-refractivity contribution in [2.75, 3.05) is 26.0 Å². The van der Waals surface area contributed by atoms with E-state index in [2.05, 4.69) is 17.0 Å². The molecule has 0 aliphatic heterocycles. The summed E-state index contributed by atoms with van der Waals surface area (Å²) in [4.78, 5) is 0. The lowest BCUT2D eigenvalue weighted by molar-refractivity contribution is 0.107. The van der Waals surface area contributed by atoms with Crippen molar-refractivity contribution in [3.8, 4) is 0 Å². The van der Waals surface area contributed by atoms with Crippen molar-refractivity contribution in [2.45, 2.75) is 44.8 Å². The van der Waals surface area contributed by atoms with Crippen LogP contribution in [-0.2, 0) is 14.8 Å². The molecule has 0 saturated heterocycles. The molecule has 0 spiro atoms. The molecular formula is C11H24N2O3S. The highest BCUT2D eigenvalue weighted by Gasteiger charge is 2.27. The normalized spacial score (nSPS) is 25.3. The molecule has 0 aromatic rings. The first-order valence-electron chi connectivity index (χ1n) is 6.31. The Kier molecular flexibility index (Phi) is 6.40. The van der Waals surface area contributed by atoms with E-state index in [-0.39, 0.29) is 17.9 Å². The Labute approximate surface area is 104 Å². The van der Waals surface area contributed by atoms with E-state index in [1.54, 1.807) is 7.11 Å². The number of rotatable bonds is 8. The van der Waals surface area contributed by atoms with Gasteiger partial charge in [-0.2, -0.15) is 0 Å². The van der Waals surface area contributed by atoms with Crippen molar-refractivity contribution >= 4 is 10.0 Å². The van der Waals surface area contributed by atoms with Crippen molar-refractivity contribution in [3.63, 3.8) is 0 Å². The molecule has 6 heteroatoms. The predicted molar refractivity (Wildman–Crippen MR) is 68.5 cm³/mol. The highest BCUT2D eigenvalue weighted by molar-refractivity contribution is 7.89. The molecule has 102 valence electrons. The van der Waals surface area contributed by atoms with Crippen LogP contribution in [-0.4, -0.2) is 46.5 Å². The van der Waals surface area contributed by atoms with Gasteiger partial charge in [0.05, 0.1) is 11.9 Å². The van der Waals surface area contributed by atoms with E-state index in [0.717, 1.165) is 32.2 Å². The van der Waals surface area contributed by atoms with Gasteiger partial charge in [0, 0.05) is 19.7 Å². The molecule has 1 aliphatic carbocycles. The van der Waals surface area contributed by atoms with Crippen LogP contribution in [0.1, 0.15) is 32.6 Å². The maximum absolute atomic E-state index is 11.8. The third-order valence-electron chi connectivity index (χ3n) is 3.04. The van der Waals surface area contributed by atoms with E-state index in [4.69, 9.17) is 4.74 Å². The van der Waals surface area contributed by atoms with Crippen LogP contribution in [0.25, 0.3) is 0 Å². The second kappa shape index (κ2) is 7.31. The molecule has 2 unspecified atom stereocenters. The Balaban J connectivity index is 2.25. The van der Waals surface area contributed by atoms with Gasteiger partial charge >= 0.3 is 0 Å². The van der Waals surface area contributed by atoms with Crippen molar-refractivity contribution in [3.05, 3.63) is 0 Å². The topological polar surface area (TPSA) is 67.4 Å². The smallest absolute Gasteiger partial charge is 0.213 e. The van der Waals surface area contributed by atoms with Gasteiger partial charge in [-0.3, -0.25) is 0 Å². The van der Waals surface area contributed by atoms with E-state index in [1.807, 2.05) is 0 Å². The third-order valence-corrected chi connectivity index (χ3v) is 4.47. The van der Waals surface area contributed by atoms with Gasteiger partial charge in [-0.1, -0.05) is 6.92 Å². The van der Waals surface area contributed by atoms with E-state index in [9.17, 15) is 8.42 Å². The lowest BCUT2D eigenvalue weighted by atomic mass is 10.3. The summed E-state index contributed by atoms with van der Waals surface area (Å²) in [5.41, 5.74) is 0. The minimum absolute atomic E-state index is 0.0520. The fraction of sp³-hybridized carbons (Fsp3) is 1.00. The molecule has 2 N–H and O–H groups in total. The molecule has 0 radical (unpaired) electrons. The maximum Gasteiger partial charge on any atom is 0.213 e. The number of ether oxygens (including phenoxy) is 1. The molecule has 0 aromatic carbocycles. The largest absolute Gasteiger partial charge is 0.381 e. The van der Waals surface area contributed by atoms with Crippen LogP contribution in [0, 0.1) is 0 Å². The highest BCUT2D eigenvalue weighted by Crippen LogP contribution is 2.21. The number of hydrogen-bond acceptors (Lipinski definition) is 4.